The van der Waals surface area contributed by atoms with Crippen molar-refractivity contribution in [2.45, 2.75) is 32.7 Å². The van der Waals surface area contributed by atoms with Crippen LogP contribution in [-0.4, -0.2) is 45.2 Å². The van der Waals surface area contributed by atoms with Crippen molar-refractivity contribution >= 4 is 27.7 Å². The average molecular weight is 337 g/mol. The van der Waals surface area contributed by atoms with Crippen LogP contribution in [0.4, 0.5) is 0 Å². The molecule has 0 fully saturated rings. The zero-order valence-electron chi connectivity index (χ0n) is 14.5. The van der Waals surface area contributed by atoms with Gasteiger partial charge < -0.3 is 14.6 Å². The number of pyridine rings is 1. The van der Waals surface area contributed by atoms with Crippen LogP contribution in [0.15, 0.2) is 30.5 Å². The highest BCUT2D eigenvalue weighted by Gasteiger charge is 2.31. The average Bonchev–Trinajstić information content (AvgIpc) is 2.96. The number of amides is 1. The molecule has 0 atom stereocenters. The van der Waals surface area contributed by atoms with Gasteiger partial charge >= 0.3 is 0 Å². The van der Waals surface area contributed by atoms with E-state index in [1.165, 1.54) is 0 Å². The standard InChI is InChI=1S/C20H23N3O2/c1-2-3-10-22-11-8-16-15-7-6-14-5-4-9-21-17(14)18(15)23(12-13-24)19(16)20(22)25/h4-7,9,24H,2-3,8,10-13H2,1H3. The van der Waals surface area contributed by atoms with Gasteiger partial charge in [0.25, 0.3) is 5.91 Å². The van der Waals surface area contributed by atoms with E-state index in [-0.39, 0.29) is 12.5 Å². The third kappa shape index (κ3) is 2.50. The lowest BCUT2D eigenvalue weighted by atomic mass is 10.0. The van der Waals surface area contributed by atoms with Crippen molar-refractivity contribution in [2.24, 2.45) is 0 Å². The molecule has 5 nitrogen and oxygen atoms in total. The number of nitrogens with zero attached hydrogens (tertiary/aromatic N) is 3. The van der Waals surface area contributed by atoms with Crippen molar-refractivity contribution in [2.75, 3.05) is 19.7 Å². The van der Waals surface area contributed by atoms with Crippen LogP contribution in [-0.2, 0) is 13.0 Å². The van der Waals surface area contributed by atoms with Gasteiger partial charge in [-0.25, -0.2) is 0 Å². The molecule has 1 aromatic carbocycles. The molecule has 1 aliphatic rings. The number of carbonyl (C=O) groups is 1. The minimum Gasteiger partial charge on any atom is -0.395 e. The quantitative estimate of drug-likeness (QED) is 0.779. The molecular weight excluding hydrogens is 314 g/mol. The van der Waals surface area contributed by atoms with Gasteiger partial charge in [-0.3, -0.25) is 9.78 Å². The first-order valence-electron chi connectivity index (χ1n) is 9.05. The van der Waals surface area contributed by atoms with Gasteiger partial charge in [0.2, 0.25) is 0 Å². The summed E-state index contributed by atoms with van der Waals surface area (Å²) in [7, 11) is 0. The molecule has 0 saturated heterocycles. The van der Waals surface area contributed by atoms with Gasteiger partial charge in [0, 0.05) is 36.6 Å². The van der Waals surface area contributed by atoms with E-state index < -0.39 is 0 Å². The Morgan fingerprint density at radius 2 is 2.12 bits per heavy atom. The van der Waals surface area contributed by atoms with E-state index in [4.69, 9.17) is 0 Å². The smallest absolute Gasteiger partial charge is 0.270 e. The number of hydrogen-bond acceptors (Lipinski definition) is 3. The maximum absolute atomic E-state index is 13.1. The van der Waals surface area contributed by atoms with Gasteiger partial charge in [-0.15, -0.1) is 0 Å². The number of carbonyl (C=O) groups excluding carboxylic acids is 1. The topological polar surface area (TPSA) is 58.4 Å². The van der Waals surface area contributed by atoms with Gasteiger partial charge in [0.05, 0.1) is 17.6 Å². The molecule has 0 radical (unpaired) electrons. The van der Waals surface area contributed by atoms with Crippen molar-refractivity contribution < 1.29 is 9.90 Å². The maximum Gasteiger partial charge on any atom is 0.270 e. The van der Waals surface area contributed by atoms with E-state index in [0.29, 0.717) is 6.54 Å². The Kier molecular flexibility index (Phi) is 4.17. The summed E-state index contributed by atoms with van der Waals surface area (Å²) >= 11 is 0. The Balaban J connectivity index is 1.96. The van der Waals surface area contributed by atoms with Crippen molar-refractivity contribution in [1.82, 2.24) is 14.5 Å². The highest BCUT2D eigenvalue weighted by atomic mass is 16.3. The van der Waals surface area contributed by atoms with Gasteiger partial charge in [0.1, 0.15) is 5.69 Å². The molecule has 0 spiro atoms. The predicted molar refractivity (Wildman–Crippen MR) is 98.8 cm³/mol. The lowest BCUT2D eigenvalue weighted by Crippen LogP contribution is -2.39. The van der Waals surface area contributed by atoms with Crippen molar-refractivity contribution in [3.63, 3.8) is 0 Å². The maximum atomic E-state index is 13.1. The summed E-state index contributed by atoms with van der Waals surface area (Å²) in [4.78, 5) is 19.6. The Bertz CT molecular complexity index is 945. The molecule has 1 N–H and O–H groups in total. The van der Waals surface area contributed by atoms with Gasteiger partial charge in [-0.05, 0) is 24.5 Å². The zero-order chi connectivity index (χ0) is 17.4. The molecule has 0 unspecified atom stereocenters. The molecule has 0 bridgehead atoms. The van der Waals surface area contributed by atoms with Crippen molar-refractivity contribution in [3.8, 4) is 0 Å². The molecule has 130 valence electrons. The van der Waals surface area contributed by atoms with Crippen LogP contribution in [0.1, 0.15) is 35.8 Å². The Hall–Kier alpha value is -2.40. The molecule has 3 aromatic rings. The molecule has 1 amide bonds. The second-order valence-electron chi connectivity index (χ2n) is 6.64. The summed E-state index contributed by atoms with van der Waals surface area (Å²) in [6.07, 6.45) is 4.74. The van der Waals surface area contributed by atoms with E-state index >= 15 is 0 Å². The monoisotopic (exact) mass is 337 g/mol. The number of rotatable bonds is 5. The number of unbranched alkanes of at least 4 members (excludes halogenated alkanes) is 1. The second kappa shape index (κ2) is 6.48. The fourth-order valence-corrected chi connectivity index (χ4v) is 3.93. The number of benzene rings is 1. The zero-order valence-corrected chi connectivity index (χ0v) is 14.5. The summed E-state index contributed by atoms with van der Waals surface area (Å²) in [6.45, 7) is 4.12. The normalized spacial score (nSPS) is 14.5. The fourth-order valence-electron chi connectivity index (χ4n) is 3.93. The van der Waals surface area contributed by atoms with E-state index in [1.807, 2.05) is 21.6 Å². The lowest BCUT2D eigenvalue weighted by molar-refractivity contribution is 0.0725. The lowest BCUT2D eigenvalue weighted by Gasteiger charge is -2.28. The Labute approximate surface area is 146 Å². The van der Waals surface area contributed by atoms with E-state index in [1.54, 1.807) is 6.20 Å². The van der Waals surface area contributed by atoms with Gasteiger partial charge in [0.15, 0.2) is 0 Å². The molecule has 3 heterocycles. The van der Waals surface area contributed by atoms with E-state index in [0.717, 1.165) is 65.4 Å². The summed E-state index contributed by atoms with van der Waals surface area (Å²) in [5.41, 5.74) is 3.72. The summed E-state index contributed by atoms with van der Waals surface area (Å²) in [6, 6.07) is 8.13. The minimum atomic E-state index is 0.00167. The van der Waals surface area contributed by atoms with Crippen molar-refractivity contribution in [3.05, 3.63) is 41.7 Å². The molecular formula is C20H23N3O2. The molecule has 0 aliphatic carbocycles. The van der Waals surface area contributed by atoms with Crippen LogP contribution in [0.2, 0.25) is 0 Å². The first-order valence-corrected chi connectivity index (χ1v) is 9.05. The number of hydrogen-bond donors (Lipinski definition) is 1. The number of aliphatic hydroxyl groups excluding tert-OH is 1. The van der Waals surface area contributed by atoms with Crippen LogP contribution in [0.3, 0.4) is 0 Å². The SMILES string of the molecule is CCCCN1CCc2c(n(CCO)c3c2ccc2cccnc23)C1=O. The Morgan fingerprint density at radius 3 is 2.92 bits per heavy atom. The predicted octanol–water partition coefficient (Wildman–Crippen LogP) is 2.98. The largest absolute Gasteiger partial charge is 0.395 e. The van der Waals surface area contributed by atoms with Crippen LogP contribution < -0.4 is 0 Å². The summed E-state index contributed by atoms with van der Waals surface area (Å²) < 4.78 is 1.99. The highest BCUT2D eigenvalue weighted by molar-refractivity contribution is 6.10. The third-order valence-corrected chi connectivity index (χ3v) is 5.13. The first kappa shape index (κ1) is 16.1. The number of aromatic nitrogens is 2. The molecule has 4 rings (SSSR count). The van der Waals surface area contributed by atoms with Crippen LogP contribution >= 0.6 is 0 Å². The minimum absolute atomic E-state index is 0.00167. The highest BCUT2D eigenvalue weighted by Crippen LogP contribution is 2.34. The number of fused-ring (bicyclic) bond motifs is 5. The summed E-state index contributed by atoms with van der Waals surface area (Å²) in [5, 5.41) is 11.7. The summed E-state index contributed by atoms with van der Waals surface area (Å²) in [5.74, 6) is 0.0865. The molecule has 5 heteroatoms. The van der Waals surface area contributed by atoms with Crippen LogP contribution in [0.25, 0.3) is 21.8 Å². The second-order valence-corrected chi connectivity index (χ2v) is 6.64. The van der Waals surface area contributed by atoms with Gasteiger partial charge in [-0.1, -0.05) is 31.5 Å². The molecule has 2 aromatic heterocycles. The van der Waals surface area contributed by atoms with Gasteiger partial charge in [-0.2, -0.15) is 0 Å². The van der Waals surface area contributed by atoms with Crippen LogP contribution in [0, 0.1) is 0 Å². The third-order valence-electron chi connectivity index (χ3n) is 5.13. The van der Waals surface area contributed by atoms with E-state index in [2.05, 4.69) is 24.0 Å². The molecule has 0 saturated carbocycles. The fraction of sp³-hybridized carbons (Fsp3) is 0.400. The van der Waals surface area contributed by atoms with Crippen LogP contribution in [0.5, 0.6) is 0 Å². The first-order chi connectivity index (χ1) is 12.3. The number of aliphatic hydroxyl groups is 1. The Morgan fingerprint density at radius 1 is 1.24 bits per heavy atom. The van der Waals surface area contributed by atoms with Crippen molar-refractivity contribution in [1.29, 1.82) is 0 Å². The van der Waals surface area contributed by atoms with E-state index in [9.17, 15) is 9.90 Å². The molecule has 1 aliphatic heterocycles. The molecule has 25 heavy (non-hydrogen) atoms.